The van der Waals surface area contributed by atoms with Gasteiger partial charge in [-0.1, -0.05) is 0 Å². The molecule has 0 saturated heterocycles. The molecule has 20 heavy (non-hydrogen) atoms. The second kappa shape index (κ2) is 4.64. The van der Waals surface area contributed by atoms with Crippen LogP contribution >= 0.6 is 0 Å². The van der Waals surface area contributed by atoms with Crippen LogP contribution < -0.4 is 15.4 Å². The van der Waals surface area contributed by atoms with Gasteiger partial charge in [0.15, 0.2) is 0 Å². The highest BCUT2D eigenvalue weighted by Crippen LogP contribution is 2.34. The summed E-state index contributed by atoms with van der Waals surface area (Å²) in [6.07, 6.45) is 1.74. The van der Waals surface area contributed by atoms with Crippen molar-refractivity contribution in [2.24, 2.45) is 12.8 Å². The fraction of sp³-hybridized carbons (Fsp3) is 0.286. The number of aromatic nitrogens is 2. The summed E-state index contributed by atoms with van der Waals surface area (Å²) in [5.74, 6) is 0.519. The summed E-state index contributed by atoms with van der Waals surface area (Å²) in [4.78, 5) is 13.6. The number of rotatable bonds is 1. The third kappa shape index (κ3) is 1.94. The highest BCUT2D eigenvalue weighted by atomic mass is 16.5. The second-order valence-corrected chi connectivity index (χ2v) is 4.84. The van der Waals surface area contributed by atoms with Crippen LogP contribution in [0.4, 0.5) is 5.69 Å². The van der Waals surface area contributed by atoms with E-state index in [-0.39, 0.29) is 12.5 Å². The summed E-state index contributed by atoms with van der Waals surface area (Å²) >= 11 is 0. The second-order valence-electron chi connectivity index (χ2n) is 4.84. The van der Waals surface area contributed by atoms with Gasteiger partial charge >= 0.3 is 0 Å². The van der Waals surface area contributed by atoms with E-state index in [0.29, 0.717) is 5.75 Å². The van der Waals surface area contributed by atoms with Gasteiger partial charge in [0.05, 0.1) is 11.4 Å². The number of aryl methyl sites for hydroxylation is 1. The fourth-order valence-electron chi connectivity index (χ4n) is 2.34. The first-order chi connectivity index (χ1) is 9.58. The van der Waals surface area contributed by atoms with Crippen molar-refractivity contribution in [1.82, 2.24) is 9.78 Å². The Labute approximate surface area is 116 Å². The van der Waals surface area contributed by atoms with E-state index in [9.17, 15) is 4.79 Å². The molecule has 6 nitrogen and oxygen atoms in total. The monoisotopic (exact) mass is 272 g/mol. The molecule has 1 aromatic heterocycles. The predicted molar refractivity (Wildman–Crippen MR) is 75.5 cm³/mol. The number of nitrogens with two attached hydrogens (primary N) is 1. The number of likely N-dealkylation sites (N-methyl/N-ethyl adjacent to an activating group) is 1. The van der Waals surface area contributed by atoms with Crippen molar-refractivity contribution >= 4 is 11.6 Å². The van der Waals surface area contributed by atoms with Gasteiger partial charge < -0.3 is 15.4 Å². The molecule has 0 radical (unpaired) electrons. The van der Waals surface area contributed by atoms with Crippen LogP contribution in [0.1, 0.15) is 0 Å². The maximum Gasteiger partial charge on any atom is 0.247 e. The molecule has 1 unspecified atom stereocenters. The molecule has 2 N–H and O–H groups in total. The first kappa shape index (κ1) is 12.7. The largest absolute Gasteiger partial charge is 0.489 e. The van der Waals surface area contributed by atoms with Gasteiger partial charge in [-0.2, -0.15) is 5.10 Å². The minimum absolute atomic E-state index is 0.147. The van der Waals surface area contributed by atoms with Crippen LogP contribution in [0.3, 0.4) is 0 Å². The highest BCUT2D eigenvalue weighted by molar-refractivity contribution is 5.99. The van der Waals surface area contributed by atoms with Crippen molar-refractivity contribution in [3.63, 3.8) is 0 Å². The zero-order valence-electron chi connectivity index (χ0n) is 11.4. The van der Waals surface area contributed by atoms with E-state index in [4.69, 9.17) is 10.5 Å². The SMILES string of the molecule is CN1C(=O)C(N)COc2ccc(-c3ccnn3C)cc21. The molecule has 1 aliphatic heterocycles. The van der Waals surface area contributed by atoms with E-state index in [1.54, 1.807) is 22.8 Å². The van der Waals surface area contributed by atoms with Gasteiger partial charge in [-0.25, -0.2) is 0 Å². The van der Waals surface area contributed by atoms with Crippen LogP contribution in [0.25, 0.3) is 11.3 Å². The Balaban J connectivity index is 2.09. The molecule has 1 aromatic carbocycles. The number of amides is 1. The Morgan fingerprint density at radius 1 is 1.35 bits per heavy atom. The zero-order chi connectivity index (χ0) is 14.3. The summed E-state index contributed by atoms with van der Waals surface area (Å²) in [7, 11) is 3.59. The molecule has 6 heteroatoms. The Hall–Kier alpha value is -2.34. The molecule has 0 aliphatic carbocycles. The minimum Gasteiger partial charge on any atom is -0.489 e. The summed E-state index contributed by atoms with van der Waals surface area (Å²) < 4.78 is 7.38. The molecule has 1 aliphatic rings. The number of hydrogen-bond donors (Lipinski definition) is 1. The van der Waals surface area contributed by atoms with E-state index in [1.165, 1.54) is 0 Å². The average Bonchev–Trinajstić information content (AvgIpc) is 2.85. The van der Waals surface area contributed by atoms with Crippen LogP contribution in [-0.2, 0) is 11.8 Å². The number of benzene rings is 1. The zero-order valence-corrected chi connectivity index (χ0v) is 11.4. The topological polar surface area (TPSA) is 73.4 Å². The molecule has 104 valence electrons. The number of nitrogens with zero attached hydrogens (tertiary/aromatic N) is 3. The maximum atomic E-state index is 12.1. The quantitative estimate of drug-likeness (QED) is 0.832. The lowest BCUT2D eigenvalue weighted by atomic mass is 10.1. The lowest BCUT2D eigenvalue weighted by molar-refractivity contribution is -0.119. The van der Waals surface area contributed by atoms with Crippen molar-refractivity contribution < 1.29 is 9.53 Å². The summed E-state index contributed by atoms with van der Waals surface area (Å²) in [6.45, 7) is 0.196. The highest BCUT2D eigenvalue weighted by Gasteiger charge is 2.26. The first-order valence-corrected chi connectivity index (χ1v) is 6.36. The summed E-state index contributed by atoms with van der Waals surface area (Å²) in [5.41, 5.74) is 8.45. The minimum atomic E-state index is -0.632. The number of anilines is 1. The molecule has 0 bridgehead atoms. The Bertz CT molecular complexity index is 665. The molecule has 0 saturated carbocycles. The lowest BCUT2D eigenvalue weighted by Crippen LogP contribution is -2.43. The Morgan fingerprint density at radius 3 is 2.85 bits per heavy atom. The van der Waals surface area contributed by atoms with Gasteiger partial charge in [-0.3, -0.25) is 9.48 Å². The van der Waals surface area contributed by atoms with Gasteiger partial charge in [-0.15, -0.1) is 0 Å². The predicted octanol–water partition coefficient (Wildman–Crippen LogP) is 0.770. The van der Waals surface area contributed by atoms with Crippen molar-refractivity contribution in [1.29, 1.82) is 0 Å². The number of carbonyl (C=O) groups excluding carboxylic acids is 1. The van der Waals surface area contributed by atoms with Crippen LogP contribution in [0.5, 0.6) is 5.75 Å². The third-order valence-electron chi connectivity index (χ3n) is 3.50. The van der Waals surface area contributed by atoms with Gasteiger partial charge in [0, 0.05) is 25.9 Å². The molecular weight excluding hydrogens is 256 g/mol. The van der Waals surface area contributed by atoms with E-state index >= 15 is 0 Å². The van der Waals surface area contributed by atoms with Crippen LogP contribution in [0.15, 0.2) is 30.5 Å². The Morgan fingerprint density at radius 2 is 2.15 bits per heavy atom. The van der Waals surface area contributed by atoms with E-state index in [1.807, 2.05) is 31.3 Å². The van der Waals surface area contributed by atoms with Crippen LogP contribution in [-0.4, -0.2) is 35.4 Å². The fourth-order valence-corrected chi connectivity index (χ4v) is 2.34. The molecule has 0 fully saturated rings. The van der Waals surface area contributed by atoms with E-state index < -0.39 is 6.04 Å². The van der Waals surface area contributed by atoms with E-state index in [0.717, 1.165) is 16.9 Å². The van der Waals surface area contributed by atoms with Crippen molar-refractivity contribution in [3.8, 4) is 17.0 Å². The van der Waals surface area contributed by atoms with Gasteiger partial charge in [-0.05, 0) is 24.3 Å². The molecular formula is C14H16N4O2. The Kier molecular flexibility index (Phi) is 2.94. The van der Waals surface area contributed by atoms with Crippen molar-refractivity contribution in [2.45, 2.75) is 6.04 Å². The van der Waals surface area contributed by atoms with Gasteiger partial charge in [0.1, 0.15) is 18.4 Å². The van der Waals surface area contributed by atoms with Crippen molar-refractivity contribution in [3.05, 3.63) is 30.5 Å². The maximum absolute atomic E-state index is 12.1. The molecule has 1 amide bonds. The number of ether oxygens (including phenoxy) is 1. The first-order valence-electron chi connectivity index (χ1n) is 6.36. The van der Waals surface area contributed by atoms with E-state index in [2.05, 4.69) is 5.10 Å². The number of hydrogen-bond acceptors (Lipinski definition) is 4. The number of carbonyl (C=O) groups is 1. The average molecular weight is 272 g/mol. The molecule has 0 spiro atoms. The van der Waals surface area contributed by atoms with Crippen LogP contribution in [0, 0.1) is 0 Å². The normalized spacial score (nSPS) is 18.4. The third-order valence-corrected chi connectivity index (χ3v) is 3.50. The summed E-state index contributed by atoms with van der Waals surface area (Å²) in [5, 5.41) is 4.15. The van der Waals surface area contributed by atoms with Crippen LogP contribution in [0.2, 0.25) is 0 Å². The standard InChI is InChI=1S/C14H16N4O2/c1-17-12-7-9(11-5-6-16-18(11)2)3-4-13(12)20-8-10(15)14(17)19/h3-7,10H,8,15H2,1-2H3. The lowest BCUT2D eigenvalue weighted by Gasteiger charge is -2.18. The molecule has 1 atom stereocenters. The van der Waals surface area contributed by atoms with Crippen molar-refractivity contribution in [2.75, 3.05) is 18.6 Å². The van der Waals surface area contributed by atoms with Gasteiger partial charge in [0.2, 0.25) is 5.91 Å². The smallest absolute Gasteiger partial charge is 0.247 e. The molecule has 2 heterocycles. The molecule has 2 aromatic rings. The van der Waals surface area contributed by atoms with Gasteiger partial charge in [0.25, 0.3) is 0 Å². The summed E-state index contributed by atoms with van der Waals surface area (Å²) in [6, 6.07) is 7.02. The number of fused-ring (bicyclic) bond motifs is 1. The molecule has 3 rings (SSSR count).